The standard InChI is InChI=1S/C12H14BrN3O/c1-12(2,3)8-6-10(14)16-11(15-8)7-4-5-9(13)17-7/h4-6H,1-3H3,(H2,14,15,16). The molecule has 0 spiro atoms. The topological polar surface area (TPSA) is 64.9 Å². The summed E-state index contributed by atoms with van der Waals surface area (Å²) < 4.78 is 6.08. The summed E-state index contributed by atoms with van der Waals surface area (Å²) in [5, 5.41) is 0. The summed E-state index contributed by atoms with van der Waals surface area (Å²) >= 11 is 3.25. The van der Waals surface area contributed by atoms with Crippen LogP contribution >= 0.6 is 15.9 Å². The van der Waals surface area contributed by atoms with Crippen LogP contribution in [0.2, 0.25) is 0 Å². The summed E-state index contributed by atoms with van der Waals surface area (Å²) in [4.78, 5) is 8.67. The molecule has 0 radical (unpaired) electrons. The Hall–Kier alpha value is -1.36. The molecule has 0 aliphatic carbocycles. The van der Waals surface area contributed by atoms with Crippen LogP contribution in [0.5, 0.6) is 0 Å². The van der Waals surface area contributed by atoms with E-state index in [1.54, 1.807) is 12.1 Å². The third kappa shape index (κ3) is 2.66. The summed E-state index contributed by atoms with van der Waals surface area (Å²) in [7, 11) is 0. The van der Waals surface area contributed by atoms with E-state index in [2.05, 4.69) is 46.7 Å². The van der Waals surface area contributed by atoms with Crippen LogP contribution < -0.4 is 5.73 Å². The Bertz CT molecular complexity index is 543. The number of furan rings is 1. The van der Waals surface area contributed by atoms with Crippen LogP contribution in [-0.4, -0.2) is 9.97 Å². The molecule has 4 nitrogen and oxygen atoms in total. The number of aromatic nitrogens is 2. The van der Waals surface area contributed by atoms with E-state index in [0.717, 1.165) is 5.69 Å². The quantitative estimate of drug-likeness (QED) is 0.876. The van der Waals surface area contributed by atoms with Gasteiger partial charge in [-0.15, -0.1) is 0 Å². The Labute approximate surface area is 108 Å². The van der Waals surface area contributed by atoms with Gasteiger partial charge < -0.3 is 10.2 Å². The first-order chi connectivity index (χ1) is 7.86. The highest BCUT2D eigenvalue weighted by molar-refractivity contribution is 9.10. The van der Waals surface area contributed by atoms with Crippen molar-refractivity contribution >= 4 is 21.7 Å². The first kappa shape index (κ1) is 12.1. The zero-order chi connectivity index (χ0) is 12.6. The zero-order valence-corrected chi connectivity index (χ0v) is 11.6. The minimum atomic E-state index is -0.0738. The van der Waals surface area contributed by atoms with Gasteiger partial charge >= 0.3 is 0 Å². The molecule has 0 unspecified atom stereocenters. The summed E-state index contributed by atoms with van der Waals surface area (Å²) in [6.45, 7) is 6.24. The highest BCUT2D eigenvalue weighted by atomic mass is 79.9. The van der Waals surface area contributed by atoms with Crippen molar-refractivity contribution in [3.63, 3.8) is 0 Å². The first-order valence-corrected chi connectivity index (χ1v) is 6.06. The number of nitrogen functional groups attached to an aromatic ring is 1. The molecule has 90 valence electrons. The van der Waals surface area contributed by atoms with E-state index < -0.39 is 0 Å². The lowest BCUT2D eigenvalue weighted by molar-refractivity contribution is 0.543. The molecule has 0 aliphatic rings. The van der Waals surface area contributed by atoms with Gasteiger partial charge in [-0.05, 0) is 28.1 Å². The third-order valence-corrected chi connectivity index (χ3v) is 2.73. The highest BCUT2D eigenvalue weighted by Crippen LogP contribution is 2.27. The molecule has 0 saturated carbocycles. The monoisotopic (exact) mass is 295 g/mol. The van der Waals surface area contributed by atoms with E-state index in [-0.39, 0.29) is 5.41 Å². The minimum absolute atomic E-state index is 0.0738. The Morgan fingerprint density at radius 1 is 1.24 bits per heavy atom. The lowest BCUT2D eigenvalue weighted by Crippen LogP contribution is -2.15. The summed E-state index contributed by atoms with van der Waals surface area (Å²) in [6, 6.07) is 5.41. The lowest BCUT2D eigenvalue weighted by Gasteiger charge is -2.18. The van der Waals surface area contributed by atoms with Crippen LogP contribution in [0.15, 0.2) is 27.3 Å². The molecule has 17 heavy (non-hydrogen) atoms. The van der Waals surface area contributed by atoms with E-state index >= 15 is 0 Å². The maximum absolute atomic E-state index is 5.80. The second-order valence-electron chi connectivity index (χ2n) is 4.86. The zero-order valence-electron chi connectivity index (χ0n) is 9.99. The van der Waals surface area contributed by atoms with E-state index in [9.17, 15) is 0 Å². The maximum Gasteiger partial charge on any atom is 0.197 e. The van der Waals surface area contributed by atoms with E-state index in [1.807, 2.05) is 6.07 Å². The van der Waals surface area contributed by atoms with Crippen molar-refractivity contribution in [2.75, 3.05) is 5.73 Å². The van der Waals surface area contributed by atoms with Gasteiger partial charge in [0.05, 0.1) is 5.69 Å². The molecule has 0 aromatic carbocycles. The van der Waals surface area contributed by atoms with E-state index in [4.69, 9.17) is 10.2 Å². The molecule has 0 fully saturated rings. The van der Waals surface area contributed by atoms with Gasteiger partial charge in [0.15, 0.2) is 16.3 Å². The number of anilines is 1. The number of nitrogens with zero attached hydrogens (tertiary/aromatic N) is 2. The summed E-state index contributed by atoms with van der Waals surface area (Å²) in [5.74, 6) is 1.57. The predicted molar refractivity (Wildman–Crippen MR) is 70.5 cm³/mol. The van der Waals surface area contributed by atoms with Gasteiger partial charge in [-0.25, -0.2) is 9.97 Å². The number of halogens is 1. The molecule has 2 aromatic heterocycles. The molecular formula is C12H14BrN3O. The van der Waals surface area contributed by atoms with Gasteiger partial charge in [0.2, 0.25) is 0 Å². The lowest BCUT2D eigenvalue weighted by atomic mass is 9.92. The van der Waals surface area contributed by atoms with Crippen molar-refractivity contribution in [3.8, 4) is 11.6 Å². The molecule has 0 aliphatic heterocycles. The fourth-order valence-corrected chi connectivity index (χ4v) is 1.70. The van der Waals surface area contributed by atoms with Crippen LogP contribution in [0.1, 0.15) is 26.5 Å². The summed E-state index contributed by atoms with van der Waals surface area (Å²) in [6.07, 6.45) is 0. The smallest absolute Gasteiger partial charge is 0.197 e. The average molecular weight is 296 g/mol. The highest BCUT2D eigenvalue weighted by Gasteiger charge is 2.18. The second-order valence-corrected chi connectivity index (χ2v) is 5.64. The molecule has 0 amide bonds. The summed E-state index contributed by atoms with van der Waals surface area (Å²) in [5.41, 5.74) is 6.62. The van der Waals surface area contributed by atoms with E-state index in [0.29, 0.717) is 22.1 Å². The van der Waals surface area contributed by atoms with Crippen molar-refractivity contribution in [2.45, 2.75) is 26.2 Å². The molecule has 5 heteroatoms. The molecule has 2 N–H and O–H groups in total. The van der Waals surface area contributed by atoms with Gasteiger partial charge in [-0.1, -0.05) is 20.8 Å². The second kappa shape index (κ2) is 4.14. The van der Waals surface area contributed by atoms with Crippen LogP contribution in [0, 0.1) is 0 Å². The molecule has 2 heterocycles. The molecular weight excluding hydrogens is 282 g/mol. The third-order valence-electron chi connectivity index (χ3n) is 2.31. The van der Waals surface area contributed by atoms with Crippen molar-refractivity contribution in [1.82, 2.24) is 9.97 Å². The van der Waals surface area contributed by atoms with Gasteiger partial charge in [-0.3, -0.25) is 0 Å². The Kier molecular flexibility index (Phi) is 2.95. The SMILES string of the molecule is CC(C)(C)c1cc(N)nc(-c2ccc(Br)o2)n1. The van der Waals surface area contributed by atoms with Crippen molar-refractivity contribution in [2.24, 2.45) is 0 Å². The van der Waals surface area contributed by atoms with Crippen LogP contribution in [-0.2, 0) is 5.41 Å². The molecule has 0 bridgehead atoms. The molecule has 2 aromatic rings. The molecule has 0 atom stereocenters. The van der Waals surface area contributed by atoms with Crippen LogP contribution in [0.25, 0.3) is 11.6 Å². The number of hydrogen-bond donors (Lipinski definition) is 1. The van der Waals surface area contributed by atoms with Crippen LogP contribution in [0.4, 0.5) is 5.82 Å². The fourth-order valence-electron chi connectivity index (χ4n) is 1.39. The minimum Gasteiger partial charge on any atom is -0.446 e. The predicted octanol–water partition coefficient (Wildman–Crippen LogP) is 3.38. The normalized spacial score (nSPS) is 11.8. The van der Waals surface area contributed by atoms with Gasteiger partial charge in [0, 0.05) is 11.5 Å². The Morgan fingerprint density at radius 3 is 2.47 bits per heavy atom. The maximum atomic E-state index is 5.80. The average Bonchev–Trinajstić information content (AvgIpc) is 2.62. The van der Waals surface area contributed by atoms with Crippen molar-refractivity contribution < 1.29 is 4.42 Å². The van der Waals surface area contributed by atoms with Crippen molar-refractivity contribution in [1.29, 1.82) is 0 Å². The van der Waals surface area contributed by atoms with Crippen LogP contribution in [0.3, 0.4) is 0 Å². The Balaban J connectivity index is 2.52. The van der Waals surface area contributed by atoms with Gasteiger partial charge in [-0.2, -0.15) is 0 Å². The number of rotatable bonds is 1. The Morgan fingerprint density at radius 2 is 1.94 bits per heavy atom. The number of nitrogens with two attached hydrogens (primary N) is 1. The van der Waals surface area contributed by atoms with Gasteiger partial charge in [0.25, 0.3) is 0 Å². The van der Waals surface area contributed by atoms with E-state index in [1.165, 1.54) is 0 Å². The van der Waals surface area contributed by atoms with Gasteiger partial charge in [0.1, 0.15) is 5.82 Å². The largest absolute Gasteiger partial charge is 0.446 e. The molecule has 2 rings (SSSR count). The molecule has 0 saturated heterocycles. The fraction of sp³-hybridized carbons (Fsp3) is 0.333. The first-order valence-electron chi connectivity index (χ1n) is 5.27. The number of hydrogen-bond acceptors (Lipinski definition) is 4. The van der Waals surface area contributed by atoms with Crippen molar-refractivity contribution in [3.05, 3.63) is 28.6 Å².